The highest BCUT2D eigenvalue weighted by Crippen LogP contribution is 1.74. The second-order valence-corrected chi connectivity index (χ2v) is 1.36. The first kappa shape index (κ1) is 7.66. The molecule has 0 atom stereocenters. The monoisotopic (exact) mass is 116 g/mol. The van der Waals surface area contributed by atoms with Gasteiger partial charge in [-0.2, -0.15) is 0 Å². The van der Waals surface area contributed by atoms with Crippen LogP contribution in [0.25, 0.3) is 0 Å². The van der Waals surface area contributed by atoms with Crippen LogP contribution in [0.1, 0.15) is 0 Å². The van der Waals surface area contributed by atoms with Gasteiger partial charge in [0.05, 0.1) is 19.8 Å². The maximum Gasteiger partial charge on any atom is 0.0704 e. The summed E-state index contributed by atoms with van der Waals surface area (Å²) in [7, 11) is 1.65. The highest BCUT2D eigenvalue weighted by atomic mass is 16.5. The molecular weight excluding hydrogens is 104 g/mol. The summed E-state index contributed by atoms with van der Waals surface area (Å²) in [4.78, 5) is 0. The van der Waals surface area contributed by atoms with Crippen LogP contribution in [-0.4, -0.2) is 26.9 Å². The Kier molecular flexibility index (Phi) is 6.38. The van der Waals surface area contributed by atoms with Crippen molar-refractivity contribution >= 4 is 0 Å². The van der Waals surface area contributed by atoms with Crippen molar-refractivity contribution in [1.82, 2.24) is 0 Å². The molecule has 0 bridgehead atoms. The molecule has 0 heterocycles. The van der Waals surface area contributed by atoms with E-state index in [2.05, 4.69) is 6.58 Å². The van der Waals surface area contributed by atoms with Crippen LogP contribution in [0.5, 0.6) is 0 Å². The molecule has 8 heavy (non-hydrogen) atoms. The Morgan fingerprint density at radius 3 is 2.75 bits per heavy atom. The Balaban J connectivity index is 2.62. The molecule has 0 fully saturated rings. The molecule has 0 aliphatic carbocycles. The predicted molar refractivity (Wildman–Crippen MR) is 32.9 cm³/mol. The molecule has 0 aromatic rings. The van der Waals surface area contributed by atoms with E-state index in [4.69, 9.17) is 9.47 Å². The lowest BCUT2D eigenvalue weighted by atomic mass is 10.7. The Hall–Kier alpha value is -0.340. The summed E-state index contributed by atoms with van der Waals surface area (Å²) in [6, 6.07) is 0. The maximum absolute atomic E-state index is 4.98. The molecular formula is C6H12O2. The average molecular weight is 116 g/mol. The van der Waals surface area contributed by atoms with Crippen molar-refractivity contribution < 1.29 is 9.47 Å². The van der Waals surface area contributed by atoms with Crippen molar-refractivity contribution in [1.29, 1.82) is 0 Å². The maximum atomic E-state index is 4.98. The van der Waals surface area contributed by atoms with E-state index in [9.17, 15) is 0 Å². The Labute approximate surface area is 50.1 Å². The molecule has 2 heteroatoms. The number of ether oxygens (including phenoxy) is 2. The molecule has 48 valence electrons. The molecule has 0 unspecified atom stereocenters. The Bertz CT molecular complexity index is 52.5. The zero-order valence-electron chi connectivity index (χ0n) is 5.22. The van der Waals surface area contributed by atoms with Crippen LogP contribution < -0.4 is 0 Å². The summed E-state index contributed by atoms with van der Waals surface area (Å²) < 4.78 is 9.71. The predicted octanol–water partition coefficient (Wildman–Crippen LogP) is 0.835. The van der Waals surface area contributed by atoms with Crippen molar-refractivity contribution in [3.63, 3.8) is 0 Å². The SMILES string of the molecule is C=CCOCCOC. The van der Waals surface area contributed by atoms with Crippen molar-refractivity contribution in [3.8, 4) is 0 Å². The molecule has 0 spiro atoms. The Morgan fingerprint density at radius 1 is 1.50 bits per heavy atom. The van der Waals surface area contributed by atoms with E-state index in [-0.39, 0.29) is 0 Å². The van der Waals surface area contributed by atoms with Gasteiger partial charge in [0.15, 0.2) is 0 Å². The third kappa shape index (κ3) is 5.66. The van der Waals surface area contributed by atoms with Gasteiger partial charge in [0, 0.05) is 7.11 Å². The van der Waals surface area contributed by atoms with Crippen molar-refractivity contribution in [3.05, 3.63) is 12.7 Å². The van der Waals surface area contributed by atoms with Crippen LogP contribution in [0.4, 0.5) is 0 Å². The topological polar surface area (TPSA) is 18.5 Å². The van der Waals surface area contributed by atoms with E-state index < -0.39 is 0 Å². The van der Waals surface area contributed by atoms with E-state index in [1.165, 1.54) is 0 Å². The minimum Gasteiger partial charge on any atom is -0.382 e. The molecule has 0 aromatic carbocycles. The normalized spacial score (nSPS) is 9.12. The van der Waals surface area contributed by atoms with Crippen LogP contribution in [0.3, 0.4) is 0 Å². The van der Waals surface area contributed by atoms with Crippen LogP contribution in [0.2, 0.25) is 0 Å². The van der Waals surface area contributed by atoms with E-state index in [1.54, 1.807) is 13.2 Å². The number of hydrogen-bond acceptors (Lipinski definition) is 2. The minimum absolute atomic E-state index is 0.614. The third-order valence-corrected chi connectivity index (χ3v) is 0.667. The lowest BCUT2D eigenvalue weighted by molar-refractivity contribution is 0.0854. The quantitative estimate of drug-likeness (QED) is 0.391. The van der Waals surface area contributed by atoms with E-state index in [0.29, 0.717) is 19.8 Å². The van der Waals surface area contributed by atoms with E-state index in [1.807, 2.05) is 0 Å². The minimum atomic E-state index is 0.614. The van der Waals surface area contributed by atoms with Crippen LogP contribution in [0, 0.1) is 0 Å². The van der Waals surface area contributed by atoms with Gasteiger partial charge >= 0.3 is 0 Å². The summed E-state index contributed by atoms with van der Waals surface area (Å²) >= 11 is 0. The fourth-order valence-electron chi connectivity index (χ4n) is 0.309. The number of rotatable bonds is 5. The zero-order chi connectivity index (χ0) is 6.24. The molecule has 0 aromatic heterocycles. The molecule has 2 nitrogen and oxygen atoms in total. The van der Waals surface area contributed by atoms with Crippen LogP contribution >= 0.6 is 0 Å². The van der Waals surface area contributed by atoms with Crippen LogP contribution in [-0.2, 0) is 9.47 Å². The average Bonchev–Trinajstić information content (AvgIpc) is 1.81. The number of hydrogen-bond donors (Lipinski definition) is 0. The highest BCUT2D eigenvalue weighted by Gasteiger charge is 1.79. The first-order valence-corrected chi connectivity index (χ1v) is 2.59. The van der Waals surface area contributed by atoms with Gasteiger partial charge in [-0.05, 0) is 0 Å². The molecule has 0 saturated heterocycles. The lowest BCUT2D eigenvalue weighted by Crippen LogP contribution is -2.00. The lowest BCUT2D eigenvalue weighted by Gasteiger charge is -1.96. The van der Waals surface area contributed by atoms with Gasteiger partial charge < -0.3 is 9.47 Å². The van der Waals surface area contributed by atoms with Gasteiger partial charge in [0.25, 0.3) is 0 Å². The molecule has 0 aliphatic rings. The third-order valence-electron chi connectivity index (χ3n) is 0.667. The molecule has 0 rings (SSSR count). The van der Waals surface area contributed by atoms with Crippen molar-refractivity contribution in [2.45, 2.75) is 0 Å². The summed E-state index contributed by atoms with van der Waals surface area (Å²) in [5.74, 6) is 0. The van der Waals surface area contributed by atoms with Gasteiger partial charge in [-0.25, -0.2) is 0 Å². The summed E-state index contributed by atoms with van der Waals surface area (Å²) in [5, 5.41) is 0. The van der Waals surface area contributed by atoms with Gasteiger partial charge in [0.2, 0.25) is 0 Å². The van der Waals surface area contributed by atoms with Crippen molar-refractivity contribution in [2.75, 3.05) is 26.9 Å². The Morgan fingerprint density at radius 2 is 2.25 bits per heavy atom. The fraction of sp³-hybridized carbons (Fsp3) is 0.667. The highest BCUT2D eigenvalue weighted by molar-refractivity contribution is 4.63. The standard InChI is InChI=1S/C6H12O2/c1-3-4-8-6-5-7-2/h3H,1,4-6H2,2H3. The smallest absolute Gasteiger partial charge is 0.0704 e. The molecule has 0 N–H and O–H groups in total. The molecule has 0 amide bonds. The van der Waals surface area contributed by atoms with Gasteiger partial charge in [-0.15, -0.1) is 6.58 Å². The molecule has 0 radical (unpaired) electrons. The second kappa shape index (κ2) is 6.66. The van der Waals surface area contributed by atoms with E-state index >= 15 is 0 Å². The molecule has 0 saturated carbocycles. The van der Waals surface area contributed by atoms with Crippen molar-refractivity contribution in [2.24, 2.45) is 0 Å². The first-order chi connectivity index (χ1) is 3.91. The second-order valence-electron chi connectivity index (χ2n) is 1.36. The zero-order valence-corrected chi connectivity index (χ0v) is 5.22. The van der Waals surface area contributed by atoms with Gasteiger partial charge in [0.1, 0.15) is 0 Å². The first-order valence-electron chi connectivity index (χ1n) is 2.59. The summed E-state index contributed by atoms with van der Waals surface area (Å²) in [5.41, 5.74) is 0. The fourth-order valence-corrected chi connectivity index (χ4v) is 0.309. The van der Waals surface area contributed by atoms with Gasteiger partial charge in [-0.1, -0.05) is 6.08 Å². The summed E-state index contributed by atoms with van der Waals surface area (Å²) in [6.45, 7) is 5.42. The largest absolute Gasteiger partial charge is 0.382 e. The molecule has 0 aliphatic heterocycles. The van der Waals surface area contributed by atoms with Crippen LogP contribution in [0.15, 0.2) is 12.7 Å². The van der Waals surface area contributed by atoms with E-state index in [0.717, 1.165) is 0 Å². The summed E-state index contributed by atoms with van der Waals surface area (Å²) in [6.07, 6.45) is 1.72. The van der Waals surface area contributed by atoms with Gasteiger partial charge in [-0.3, -0.25) is 0 Å². The number of methoxy groups -OCH3 is 1.